The first-order valence-corrected chi connectivity index (χ1v) is 11.3. The van der Waals surface area contributed by atoms with Gasteiger partial charge in [-0.15, -0.1) is 0 Å². The predicted octanol–water partition coefficient (Wildman–Crippen LogP) is 3.66. The summed E-state index contributed by atoms with van der Waals surface area (Å²) in [6, 6.07) is 15.3. The van der Waals surface area contributed by atoms with E-state index in [9.17, 15) is 9.59 Å². The van der Waals surface area contributed by atoms with Crippen LogP contribution >= 0.6 is 0 Å². The number of rotatable bonds is 9. The van der Waals surface area contributed by atoms with Gasteiger partial charge in [-0.25, -0.2) is 0 Å². The Morgan fingerprint density at radius 3 is 2.55 bits per heavy atom. The van der Waals surface area contributed by atoms with Crippen molar-refractivity contribution in [3.8, 4) is 5.75 Å². The largest absolute Gasteiger partial charge is 0.497 e. The topological polar surface area (TPSA) is 72.8 Å². The molecule has 174 valence electrons. The molecule has 2 aromatic carbocycles. The fraction of sp³-hybridized carbons (Fsp3) is 0.385. The molecule has 1 aliphatic rings. The van der Waals surface area contributed by atoms with Crippen molar-refractivity contribution in [1.82, 2.24) is 14.8 Å². The number of aryl methyl sites for hydroxylation is 1. The Labute approximate surface area is 194 Å². The van der Waals surface area contributed by atoms with Gasteiger partial charge in [0.1, 0.15) is 18.0 Å². The summed E-state index contributed by atoms with van der Waals surface area (Å²) in [5.74, 6) is 0.431. The Morgan fingerprint density at radius 2 is 1.85 bits per heavy atom. The molecule has 3 aromatic rings. The predicted molar refractivity (Wildman–Crippen MR) is 128 cm³/mol. The van der Waals surface area contributed by atoms with Crippen molar-refractivity contribution in [3.63, 3.8) is 0 Å². The Kier molecular flexibility index (Phi) is 6.70. The highest BCUT2D eigenvalue weighted by atomic mass is 16.5. The molecule has 0 aliphatic carbocycles. The molecular weight excluding hydrogens is 418 g/mol. The molecule has 0 spiro atoms. The average Bonchev–Trinajstić information content (AvgIpc) is 3.26. The van der Waals surface area contributed by atoms with Crippen LogP contribution in [0.3, 0.4) is 0 Å². The molecular formula is C26H31N3O4. The molecule has 1 N–H and O–H groups in total. The summed E-state index contributed by atoms with van der Waals surface area (Å²) in [4.78, 5) is 28.0. The molecule has 7 nitrogen and oxygen atoms in total. The van der Waals surface area contributed by atoms with Crippen LogP contribution in [-0.2, 0) is 16.6 Å². The monoisotopic (exact) mass is 449 g/mol. The van der Waals surface area contributed by atoms with Gasteiger partial charge in [0.15, 0.2) is 0 Å². The number of fused-ring (bicyclic) bond motifs is 3. The van der Waals surface area contributed by atoms with Crippen molar-refractivity contribution in [3.05, 3.63) is 65.4 Å². The molecule has 0 unspecified atom stereocenters. The summed E-state index contributed by atoms with van der Waals surface area (Å²) in [6.07, 6.45) is 0.895. The van der Waals surface area contributed by atoms with Crippen molar-refractivity contribution in [2.75, 3.05) is 26.8 Å². The Hall–Kier alpha value is -3.32. The fourth-order valence-corrected chi connectivity index (χ4v) is 4.49. The molecule has 1 aliphatic heterocycles. The molecule has 33 heavy (non-hydrogen) atoms. The van der Waals surface area contributed by atoms with E-state index >= 15 is 0 Å². The van der Waals surface area contributed by atoms with Crippen LogP contribution in [0.1, 0.15) is 47.9 Å². The fourth-order valence-electron chi connectivity index (χ4n) is 4.49. The molecule has 1 aromatic heterocycles. The number of hydrogen-bond donors (Lipinski definition) is 1. The molecule has 7 heteroatoms. The van der Waals surface area contributed by atoms with Crippen LogP contribution in [-0.4, -0.2) is 54.2 Å². The third-order valence-electron chi connectivity index (χ3n) is 6.03. The van der Waals surface area contributed by atoms with Gasteiger partial charge < -0.3 is 24.3 Å². The van der Waals surface area contributed by atoms with E-state index in [4.69, 9.17) is 9.47 Å². The Bertz CT molecular complexity index is 1150. The van der Waals surface area contributed by atoms with Crippen molar-refractivity contribution >= 4 is 22.7 Å². The number of ether oxygens (including phenoxy) is 2. The smallest absolute Gasteiger partial charge is 0.272 e. The molecule has 1 atom stereocenters. The number of carbonyl (C=O) groups excluding carboxylic acids is 2. The summed E-state index contributed by atoms with van der Waals surface area (Å²) in [6.45, 7) is 5.06. The minimum Gasteiger partial charge on any atom is -0.497 e. The highest BCUT2D eigenvalue weighted by Gasteiger charge is 2.42. The second-order valence-electron chi connectivity index (χ2n) is 8.57. The number of carbonyl (C=O) groups is 2. The molecule has 2 amide bonds. The van der Waals surface area contributed by atoms with E-state index in [1.54, 1.807) is 12.0 Å². The minimum atomic E-state index is -0.348. The zero-order valence-corrected chi connectivity index (χ0v) is 19.6. The number of hydrogen-bond acceptors (Lipinski definition) is 4. The number of para-hydroxylation sites is 1. The van der Waals surface area contributed by atoms with E-state index in [1.165, 1.54) is 0 Å². The lowest BCUT2D eigenvalue weighted by atomic mass is 9.98. The zero-order chi connectivity index (χ0) is 23.5. The van der Waals surface area contributed by atoms with E-state index in [1.807, 2.05) is 74.0 Å². The van der Waals surface area contributed by atoms with Gasteiger partial charge in [0.2, 0.25) is 5.91 Å². The number of methoxy groups -OCH3 is 1. The standard InChI is InChI=1S/C26H31N3O4/c1-17(2)33-15-7-14-27-22(30)16-29-24(18-10-12-19(32-4)13-11-18)23-20-8-5-6-9-21(20)28(3)25(23)26(29)31/h5-6,8-13,17,24H,7,14-16H2,1-4H3,(H,27,30)/t24-/m0/s1. The van der Waals surface area contributed by atoms with E-state index in [0.717, 1.165) is 34.2 Å². The highest BCUT2D eigenvalue weighted by molar-refractivity contribution is 6.07. The second kappa shape index (κ2) is 9.67. The first kappa shape index (κ1) is 22.9. The van der Waals surface area contributed by atoms with Gasteiger partial charge in [-0.1, -0.05) is 30.3 Å². The second-order valence-corrected chi connectivity index (χ2v) is 8.57. The van der Waals surface area contributed by atoms with Gasteiger partial charge in [-0.2, -0.15) is 0 Å². The maximum atomic E-state index is 13.6. The van der Waals surface area contributed by atoms with Gasteiger partial charge in [-0.3, -0.25) is 9.59 Å². The lowest BCUT2D eigenvalue weighted by Gasteiger charge is -2.26. The number of nitrogens with zero attached hydrogens (tertiary/aromatic N) is 2. The normalized spacial score (nSPS) is 15.4. The highest BCUT2D eigenvalue weighted by Crippen LogP contribution is 2.43. The molecule has 2 heterocycles. The van der Waals surface area contributed by atoms with Crippen LogP contribution in [0.25, 0.3) is 10.9 Å². The summed E-state index contributed by atoms with van der Waals surface area (Å²) >= 11 is 0. The van der Waals surface area contributed by atoms with Crippen LogP contribution in [0.15, 0.2) is 48.5 Å². The lowest BCUT2D eigenvalue weighted by molar-refractivity contribution is -0.122. The number of aromatic nitrogens is 1. The van der Waals surface area contributed by atoms with E-state index in [2.05, 4.69) is 5.32 Å². The van der Waals surface area contributed by atoms with Crippen molar-refractivity contribution < 1.29 is 19.1 Å². The SMILES string of the molecule is COc1ccc([C@H]2c3c(n(C)c4ccccc34)C(=O)N2CC(=O)NCCCOC(C)C)cc1. The van der Waals surface area contributed by atoms with Crippen LogP contribution in [0.4, 0.5) is 0 Å². The maximum absolute atomic E-state index is 13.6. The summed E-state index contributed by atoms with van der Waals surface area (Å²) in [5, 5.41) is 3.95. The first-order chi connectivity index (χ1) is 15.9. The van der Waals surface area contributed by atoms with Gasteiger partial charge >= 0.3 is 0 Å². The molecule has 4 rings (SSSR count). The summed E-state index contributed by atoms with van der Waals surface area (Å²) < 4.78 is 12.8. The molecule has 0 fully saturated rings. The molecule has 0 saturated heterocycles. The lowest BCUT2D eigenvalue weighted by Crippen LogP contribution is -2.40. The molecule has 0 saturated carbocycles. The van der Waals surface area contributed by atoms with Crippen LogP contribution in [0.2, 0.25) is 0 Å². The number of nitrogens with one attached hydrogen (secondary N) is 1. The minimum absolute atomic E-state index is 0.0103. The number of amides is 2. The van der Waals surface area contributed by atoms with E-state index < -0.39 is 0 Å². The van der Waals surface area contributed by atoms with Gasteiger partial charge in [0.05, 0.1) is 19.3 Å². The van der Waals surface area contributed by atoms with E-state index in [0.29, 0.717) is 18.8 Å². The van der Waals surface area contributed by atoms with Crippen LogP contribution in [0, 0.1) is 0 Å². The quantitative estimate of drug-likeness (QED) is 0.506. The third-order valence-corrected chi connectivity index (χ3v) is 6.03. The van der Waals surface area contributed by atoms with Crippen LogP contribution in [0.5, 0.6) is 5.75 Å². The third kappa shape index (κ3) is 4.46. The van der Waals surface area contributed by atoms with Crippen molar-refractivity contribution in [2.45, 2.75) is 32.4 Å². The van der Waals surface area contributed by atoms with Crippen molar-refractivity contribution in [1.29, 1.82) is 0 Å². The van der Waals surface area contributed by atoms with Gasteiger partial charge in [0.25, 0.3) is 5.91 Å². The van der Waals surface area contributed by atoms with Gasteiger partial charge in [0, 0.05) is 36.7 Å². The summed E-state index contributed by atoms with van der Waals surface area (Å²) in [5.41, 5.74) is 3.53. The Morgan fingerprint density at radius 1 is 1.12 bits per heavy atom. The zero-order valence-electron chi connectivity index (χ0n) is 19.6. The van der Waals surface area contributed by atoms with Crippen molar-refractivity contribution in [2.24, 2.45) is 7.05 Å². The maximum Gasteiger partial charge on any atom is 0.272 e. The first-order valence-electron chi connectivity index (χ1n) is 11.3. The Balaban J connectivity index is 1.62. The van der Waals surface area contributed by atoms with Crippen LogP contribution < -0.4 is 10.1 Å². The summed E-state index contributed by atoms with van der Waals surface area (Å²) in [7, 11) is 3.53. The van der Waals surface area contributed by atoms with E-state index in [-0.39, 0.29) is 30.5 Å². The number of benzene rings is 2. The molecule has 0 bridgehead atoms. The molecule has 0 radical (unpaired) electrons. The average molecular weight is 450 g/mol. The van der Waals surface area contributed by atoms with Gasteiger partial charge in [-0.05, 0) is 44.0 Å².